The predicted molar refractivity (Wildman–Crippen MR) is 169 cm³/mol. The molecule has 192 valence electrons. The van der Waals surface area contributed by atoms with Gasteiger partial charge in [-0.15, -0.1) is 0 Å². The molecule has 4 heteroatoms. The molecular formula is C37H24BNO2. The number of fused-ring (bicyclic) bond motifs is 7. The third-order valence-electron chi connectivity index (χ3n) is 8.65. The Kier molecular flexibility index (Phi) is 4.62. The van der Waals surface area contributed by atoms with Gasteiger partial charge < -0.3 is 14.0 Å². The Morgan fingerprint density at radius 3 is 1.66 bits per heavy atom. The molecule has 0 fully saturated rings. The number of nitrogens with zero attached hydrogens (tertiary/aromatic N) is 1. The lowest BCUT2D eigenvalue weighted by molar-refractivity contribution is 0.465. The Labute approximate surface area is 238 Å². The average molecular weight is 525 g/mol. The Hall–Kier alpha value is -5.22. The number of para-hydroxylation sites is 4. The van der Waals surface area contributed by atoms with Crippen LogP contribution in [0.15, 0.2) is 127 Å². The number of rotatable bonds is 2. The van der Waals surface area contributed by atoms with E-state index >= 15 is 0 Å². The van der Waals surface area contributed by atoms with Gasteiger partial charge in [0.05, 0.1) is 11.0 Å². The molecule has 0 bridgehead atoms. The lowest BCUT2D eigenvalue weighted by Gasteiger charge is -2.33. The smallest absolute Gasteiger partial charge is 0.260 e. The van der Waals surface area contributed by atoms with Gasteiger partial charge in [-0.25, -0.2) is 0 Å². The SMILES string of the molecule is Cc1cc(-n2c3ccccc3c3ccccc32)ccc1-c1cc2c3c(c1)Oc1ccccc1B3c1ccccc1O2. The van der Waals surface area contributed by atoms with Crippen LogP contribution in [0.4, 0.5) is 0 Å². The zero-order valence-electron chi connectivity index (χ0n) is 22.5. The van der Waals surface area contributed by atoms with Crippen molar-refractivity contribution in [3.05, 3.63) is 133 Å². The van der Waals surface area contributed by atoms with Gasteiger partial charge >= 0.3 is 0 Å². The minimum absolute atomic E-state index is 0.0859. The van der Waals surface area contributed by atoms with Crippen molar-refractivity contribution < 1.29 is 9.47 Å². The van der Waals surface area contributed by atoms with Crippen molar-refractivity contribution in [3.8, 4) is 39.8 Å². The summed E-state index contributed by atoms with van der Waals surface area (Å²) in [4.78, 5) is 0. The van der Waals surface area contributed by atoms with Crippen molar-refractivity contribution in [2.24, 2.45) is 0 Å². The summed E-state index contributed by atoms with van der Waals surface area (Å²) in [6.45, 7) is 2.27. The van der Waals surface area contributed by atoms with Crippen LogP contribution in [0.2, 0.25) is 0 Å². The zero-order chi connectivity index (χ0) is 27.1. The standard InChI is InChI=1S/C37H24BNO2/c1-23-20-25(39-31-14-6-2-10-27(31)28-11-3-7-15-32(28)39)18-19-26(23)24-21-35-37-36(22-24)41-34-17-9-5-13-30(34)38(37)29-12-4-8-16-33(29)40-35/h2-22H,1H3. The number of ether oxygens (including phenoxy) is 2. The molecule has 0 saturated carbocycles. The summed E-state index contributed by atoms with van der Waals surface area (Å²) < 4.78 is 15.4. The quantitative estimate of drug-likeness (QED) is 0.219. The van der Waals surface area contributed by atoms with Gasteiger partial charge in [0.1, 0.15) is 23.0 Å². The van der Waals surface area contributed by atoms with E-state index in [1.807, 2.05) is 12.1 Å². The minimum Gasteiger partial charge on any atom is -0.458 e. The molecular weight excluding hydrogens is 501 g/mol. The molecule has 0 atom stereocenters. The summed E-state index contributed by atoms with van der Waals surface area (Å²) in [5.74, 6) is 3.54. The predicted octanol–water partition coefficient (Wildman–Crippen LogP) is 7.49. The topological polar surface area (TPSA) is 23.4 Å². The molecule has 0 unspecified atom stereocenters. The van der Waals surface area contributed by atoms with Crippen LogP contribution in [0.3, 0.4) is 0 Å². The van der Waals surface area contributed by atoms with E-state index in [1.165, 1.54) is 38.3 Å². The summed E-state index contributed by atoms with van der Waals surface area (Å²) in [6.07, 6.45) is 0. The summed E-state index contributed by atoms with van der Waals surface area (Å²) in [7, 11) is 0. The van der Waals surface area contributed by atoms with Crippen molar-refractivity contribution >= 4 is 44.9 Å². The summed E-state index contributed by atoms with van der Waals surface area (Å²) in [5.41, 5.74) is 10.5. The first kappa shape index (κ1) is 22.6. The van der Waals surface area contributed by atoms with Gasteiger partial charge in [-0.1, -0.05) is 78.9 Å². The summed E-state index contributed by atoms with van der Waals surface area (Å²) >= 11 is 0. The molecule has 9 rings (SSSR count). The van der Waals surface area contributed by atoms with Gasteiger partial charge in [-0.05, 0) is 83.1 Å². The van der Waals surface area contributed by atoms with Gasteiger partial charge in [0, 0.05) is 21.9 Å². The molecule has 3 nitrogen and oxygen atoms in total. The maximum atomic E-state index is 6.54. The van der Waals surface area contributed by atoms with Crippen molar-refractivity contribution in [3.63, 3.8) is 0 Å². The highest BCUT2D eigenvalue weighted by Gasteiger charge is 2.40. The van der Waals surface area contributed by atoms with E-state index in [-0.39, 0.29) is 6.71 Å². The lowest BCUT2D eigenvalue weighted by atomic mass is 9.35. The van der Waals surface area contributed by atoms with Crippen LogP contribution < -0.4 is 25.9 Å². The molecule has 0 radical (unpaired) electrons. The average Bonchev–Trinajstić information content (AvgIpc) is 3.35. The second-order valence-electron chi connectivity index (χ2n) is 11.0. The first-order valence-electron chi connectivity index (χ1n) is 14.1. The van der Waals surface area contributed by atoms with Crippen LogP contribution in [0.5, 0.6) is 23.0 Å². The Balaban J connectivity index is 1.21. The highest BCUT2D eigenvalue weighted by atomic mass is 16.5. The molecule has 1 aromatic heterocycles. The monoisotopic (exact) mass is 525 g/mol. The molecule has 2 aliphatic heterocycles. The van der Waals surface area contributed by atoms with Crippen LogP contribution in [-0.2, 0) is 0 Å². The van der Waals surface area contributed by atoms with E-state index in [1.54, 1.807) is 0 Å². The molecule has 2 aliphatic rings. The van der Waals surface area contributed by atoms with Crippen molar-refractivity contribution in [2.75, 3.05) is 0 Å². The lowest BCUT2D eigenvalue weighted by Crippen LogP contribution is -2.57. The van der Waals surface area contributed by atoms with Gasteiger partial charge in [-0.2, -0.15) is 0 Å². The van der Waals surface area contributed by atoms with Crippen LogP contribution in [0.25, 0.3) is 38.6 Å². The van der Waals surface area contributed by atoms with Crippen molar-refractivity contribution in [1.82, 2.24) is 4.57 Å². The number of aromatic nitrogens is 1. The zero-order valence-corrected chi connectivity index (χ0v) is 22.5. The third kappa shape index (κ3) is 3.22. The maximum Gasteiger partial charge on any atom is 0.260 e. The molecule has 0 saturated heterocycles. The van der Waals surface area contributed by atoms with E-state index in [0.29, 0.717) is 0 Å². The molecule has 41 heavy (non-hydrogen) atoms. The van der Waals surface area contributed by atoms with E-state index in [9.17, 15) is 0 Å². The fourth-order valence-corrected chi connectivity index (χ4v) is 6.86. The van der Waals surface area contributed by atoms with Gasteiger partial charge in [-0.3, -0.25) is 0 Å². The molecule has 6 aromatic carbocycles. The van der Waals surface area contributed by atoms with Crippen molar-refractivity contribution in [2.45, 2.75) is 6.92 Å². The summed E-state index contributed by atoms with van der Waals surface area (Å²) in [6, 6.07) is 45.1. The Morgan fingerprint density at radius 1 is 0.537 bits per heavy atom. The third-order valence-corrected chi connectivity index (χ3v) is 8.65. The number of aryl methyl sites for hydroxylation is 1. The minimum atomic E-state index is 0.0859. The van der Waals surface area contributed by atoms with Gasteiger partial charge in [0.15, 0.2) is 0 Å². The Bertz CT molecular complexity index is 2070. The second-order valence-corrected chi connectivity index (χ2v) is 11.0. The number of hydrogen-bond acceptors (Lipinski definition) is 2. The van der Waals surface area contributed by atoms with Crippen molar-refractivity contribution in [1.29, 1.82) is 0 Å². The number of benzene rings is 6. The fraction of sp³-hybridized carbons (Fsp3) is 0.0270. The van der Waals surface area contributed by atoms with Crippen LogP contribution in [0.1, 0.15) is 5.56 Å². The highest BCUT2D eigenvalue weighted by molar-refractivity contribution is 6.98. The van der Waals surface area contributed by atoms with Crippen LogP contribution in [0, 0.1) is 6.92 Å². The number of hydrogen-bond donors (Lipinski definition) is 0. The highest BCUT2D eigenvalue weighted by Crippen LogP contribution is 2.40. The first-order chi connectivity index (χ1) is 20.2. The van der Waals surface area contributed by atoms with E-state index in [4.69, 9.17) is 9.47 Å². The van der Waals surface area contributed by atoms with Crippen LogP contribution >= 0.6 is 0 Å². The molecule has 7 aromatic rings. The molecule has 0 amide bonds. The normalized spacial score (nSPS) is 12.9. The molecule has 3 heterocycles. The van der Waals surface area contributed by atoms with Crippen LogP contribution in [-0.4, -0.2) is 11.3 Å². The Morgan fingerprint density at radius 2 is 1.07 bits per heavy atom. The fourth-order valence-electron chi connectivity index (χ4n) is 6.86. The molecule has 0 aliphatic carbocycles. The summed E-state index contributed by atoms with van der Waals surface area (Å²) in [5, 5.41) is 2.53. The van der Waals surface area contributed by atoms with Gasteiger partial charge in [0.2, 0.25) is 0 Å². The van der Waals surface area contributed by atoms with E-state index in [2.05, 4.69) is 127 Å². The van der Waals surface area contributed by atoms with E-state index in [0.717, 1.165) is 45.3 Å². The molecule has 0 spiro atoms. The largest absolute Gasteiger partial charge is 0.458 e. The second kappa shape index (κ2) is 8.39. The molecule has 0 N–H and O–H groups in total. The first-order valence-corrected chi connectivity index (χ1v) is 14.1. The van der Waals surface area contributed by atoms with E-state index < -0.39 is 0 Å². The maximum absolute atomic E-state index is 6.54. The van der Waals surface area contributed by atoms with Gasteiger partial charge in [0.25, 0.3) is 6.71 Å².